The van der Waals surface area contributed by atoms with Gasteiger partial charge in [-0.25, -0.2) is 9.31 Å². The van der Waals surface area contributed by atoms with Crippen molar-refractivity contribution >= 4 is 28.8 Å². The van der Waals surface area contributed by atoms with Crippen LogP contribution in [0.3, 0.4) is 0 Å². The first-order chi connectivity index (χ1) is 12.2. The van der Waals surface area contributed by atoms with Crippen LogP contribution in [0.5, 0.6) is 0 Å². The third-order valence-corrected chi connectivity index (χ3v) is 4.94. The molecule has 1 aromatic carbocycles. The predicted octanol–water partition coefficient (Wildman–Crippen LogP) is 4.57. The Hall–Kier alpha value is -2.53. The van der Waals surface area contributed by atoms with Crippen LogP contribution in [-0.4, -0.2) is 26.6 Å². The molecule has 4 rings (SSSR count). The van der Waals surface area contributed by atoms with E-state index in [4.69, 9.17) is 11.6 Å². The molecule has 0 saturated heterocycles. The lowest BCUT2D eigenvalue weighted by Gasteiger charge is -2.37. The first-order valence-corrected chi connectivity index (χ1v) is 8.82. The number of halogens is 1. The Morgan fingerprint density at radius 3 is 2.76 bits per heavy atom. The highest BCUT2D eigenvalue weighted by Crippen LogP contribution is 2.27. The number of nitrogens with zero attached hydrogens (tertiary/aromatic N) is 3. The summed E-state index contributed by atoms with van der Waals surface area (Å²) in [7, 11) is 0. The summed E-state index contributed by atoms with van der Waals surface area (Å²) in [6.07, 6.45) is 7.00. The highest BCUT2D eigenvalue weighted by Gasteiger charge is 2.29. The minimum atomic E-state index is -0.0691. The Balaban J connectivity index is 1.52. The van der Waals surface area contributed by atoms with Gasteiger partial charge in [0.1, 0.15) is 0 Å². The average molecular weight is 355 g/mol. The van der Waals surface area contributed by atoms with Crippen LogP contribution in [0.4, 0.5) is 10.5 Å². The first kappa shape index (κ1) is 16.0. The van der Waals surface area contributed by atoms with Crippen LogP contribution in [0.25, 0.3) is 5.52 Å². The quantitative estimate of drug-likeness (QED) is 0.745. The van der Waals surface area contributed by atoms with E-state index in [0.29, 0.717) is 17.6 Å². The Bertz CT molecular complexity index is 886. The number of benzene rings is 1. The van der Waals surface area contributed by atoms with Gasteiger partial charge in [0, 0.05) is 35.7 Å². The molecule has 0 atom stereocenters. The number of nitrogens with one attached hydrogen (secondary N) is 1. The van der Waals surface area contributed by atoms with Crippen LogP contribution < -0.4 is 5.32 Å². The minimum Gasteiger partial charge on any atom is -0.317 e. The number of pyridine rings is 1. The van der Waals surface area contributed by atoms with E-state index in [-0.39, 0.29) is 6.03 Å². The van der Waals surface area contributed by atoms with Gasteiger partial charge < -0.3 is 10.2 Å². The molecular formula is C19H19ClN4O. The number of urea groups is 1. The minimum absolute atomic E-state index is 0.0691. The lowest BCUT2D eigenvalue weighted by molar-refractivity contribution is 0.143. The number of rotatable bonds is 4. The number of carbonyl (C=O) groups excluding carboxylic acids is 1. The van der Waals surface area contributed by atoms with E-state index in [1.54, 1.807) is 18.3 Å². The van der Waals surface area contributed by atoms with Crippen LogP contribution >= 0.6 is 11.6 Å². The van der Waals surface area contributed by atoms with Crippen molar-refractivity contribution in [3.05, 3.63) is 65.4 Å². The Morgan fingerprint density at radius 2 is 2.04 bits per heavy atom. The monoisotopic (exact) mass is 354 g/mol. The largest absolute Gasteiger partial charge is 0.322 e. The van der Waals surface area contributed by atoms with Gasteiger partial charge in [-0.05, 0) is 67.3 Å². The molecule has 1 aliphatic rings. The van der Waals surface area contributed by atoms with Crippen molar-refractivity contribution in [3.8, 4) is 0 Å². The fraction of sp³-hybridized carbons (Fsp3) is 0.263. The molecule has 1 aliphatic carbocycles. The number of aromatic nitrogens is 2. The number of carbonyl (C=O) groups is 1. The van der Waals surface area contributed by atoms with Gasteiger partial charge in [0.25, 0.3) is 0 Å². The summed E-state index contributed by atoms with van der Waals surface area (Å²) in [5, 5.41) is 7.85. The standard InChI is InChI=1S/C19H19ClN4O/c20-15-4-6-16(7-5-15)22-19(25)23(17-2-1-3-17)13-14-9-11-24-18(12-14)8-10-21-24/h4-12,17H,1-3,13H2,(H,22,25). The predicted molar refractivity (Wildman–Crippen MR) is 98.8 cm³/mol. The molecule has 0 bridgehead atoms. The molecule has 1 fully saturated rings. The van der Waals surface area contributed by atoms with E-state index in [1.807, 2.05) is 39.9 Å². The first-order valence-electron chi connectivity index (χ1n) is 8.44. The Labute approximate surface area is 151 Å². The van der Waals surface area contributed by atoms with E-state index in [9.17, 15) is 4.79 Å². The van der Waals surface area contributed by atoms with E-state index in [1.165, 1.54) is 6.42 Å². The summed E-state index contributed by atoms with van der Waals surface area (Å²) in [6.45, 7) is 0.589. The van der Waals surface area contributed by atoms with E-state index in [2.05, 4.69) is 16.5 Å². The molecule has 0 unspecified atom stereocenters. The maximum Gasteiger partial charge on any atom is 0.322 e. The topological polar surface area (TPSA) is 49.6 Å². The molecule has 2 aromatic heterocycles. The summed E-state index contributed by atoms with van der Waals surface area (Å²) in [6, 6.07) is 13.5. The van der Waals surface area contributed by atoms with Crippen molar-refractivity contribution in [2.75, 3.05) is 5.32 Å². The third-order valence-electron chi connectivity index (χ3n) is 4.69. The maximum atomic E-state index is 12.8. The van der Waals surface area contributed by atoms with Crippen LogP contribution in [0.15, 0.2) is 54.9 Å². The Morgan fingerprint density at radius 1 is 1.24 bits per heavy atom. The third kappa shape index (κ3) is 3.46. The molecule has 0 radical (unpaired) electrons. The molecule has 6 heteroatoms. The van der Waals surface area contributed by atoms with Crippen molar-refractivity contribution in [1.29, 1.82) is 0 Å². The summed E-state index contributed by atoms with van der Waals surface area (Å²) >= 11 is 5.91. The highest BCUT2D eigenvalue weighted by atomic mass is 35.5. The van der Waals surface area contributed by atoms with Gasteiger partial charge >= 0.3 is 6.03 Å². The highest BCUT2D eigenvalue weighted by molar-refractivity contribution is 6.30. The van der Waals surface area contributed by atoms with Crippen molar-refractivity contribution in [2.24, 2.45) is 0 Å². The molecule has 128 valence electrons. The van der Waals surface area contributed by atoms with Crippen molar-refractivity contribution in [1.82, 2.24) is 14.5 Å². The van der Waals surface area contributed by atoms with Gasteiger partial charge in [-0.3, -0.25) is 0 Å². The van der Waals surface area contributed by atoms with Crippen molar-refractivity contribution < 1.29 is 4.79 Å². The lowest BCUT2D eigenvalue weighted by Crippen LogP contribution is -2.45. The molecule has 2 heterocycles. The van der Waals surface area contributed by atoms with E-state index in [0.717, 1.165) is 29.6 Å². The van der Waals surface area contributed by atoms with Gasteiger partial charge in [-0.1, -0.05) is 11.6 Å². The summed E-state index contributed by atoms with van der Waals surface area (Å²) in [5.41, 5.74) is 2.89. The fourth-order valence-corrected chi connectivity index (χ4v) is 3.18. The molecule has 2 amide bonds. The second-order valence-electron chi connectivity index (χ2n) is 6.39. The summed E-state index contributed by atoms with van der Waals surface area (Å²) in [4.78, 5) is 14.7. The average Bonchev–Trinajstić information content (AvgIpc) is 3.02. The van der Waals surface area contributed by atoms with Gasteiger partial charge in [0.15, 0.2) is 0 Å². The van der Waals surface area contributed by atoms with Crippen LogP contribution in [-0.2, 0) is 6.54 Å². The second kappa shape index (κ2) is 6.76. The summed E-state index contributed by atoms with van der Waals surface area (Å²) in [5.74, 6) is 0. The zero-order chi connectivity index (χ0) is 17.2. The number of hydrogen-bond donors (Lipinski definition) is 1. The van der Waals surface area contributed by atoms with E-state index < -0.39 is 0 Å². The van der Waals surface area contributed by atoms with Crippen molar-refractivity contribution in [2.45, 2.75) is 31.8 Å². The van der Waals surface area contributed by atoms with Gasteiger partial charge in [0.05, 0.1) is 5.52 Å². The smallest absolute Gasteiger partial charge is 0.317 e. The molecule has 1 saturated carbocycles. The SMILES string of the molecule is O=C(Nc1ccc(Cl)cc1)N(Cc1ccn2nccc2c1)C1CCC1. The van der Waals surface area contributed by atoms with Crippen LogP contribution in [0.2, 0.25) is 5.02 Å². The van der Waals surface area contributed by atoms with Gasteiger partial charge in [0.2, 0.25) is 0 Å². The molecule has 1 N–H and O–H groups in total. The number of amides is 2. The van der Waals surface area contributed by atoms with Gasteiger partial charge in [-0.15, -0.1) is 0 Å². The summed E-state index contributed by atoms with van der Waals surface area (Å²) < 4.78 is 1.82. The maximum absolute atomic E-state index is 12.8. The Kier molecular flexibility index (Phi) is 4.32. The molecule has 3 aromatic rings. The molecule has 5 nitrogen and oxygen atoms in total. The van der Waals surface area contributed by atoms with Crippen LogP contribution in [0, 0.1) is 0 Å². The normalized spacial score (nSPS) is 14.3. The van der Waals surface area contributed by atoms with Gasteiger partial charge in [-0.2, -0.15) is 5.10 Å². The number of anilines is 1. The second-order valence-corrected chi connectivity index (χ2v) is 6.82. The molecule has 0 spiro atoms. The lowest BCUT2D eigenvalue weighted by atomic mass is 9.91. The van der Waals surface area contributed by atoms with Crippen LogP contribution in [0.1, 0.15) is 24.8 Å². The molecular weight excluding hydrogens is 336 g/mol. The molecule has 25 heavy (non-hydrogen) atoms. The van der Waals surface area contributed by atoms with E-state index >= 15 is 0 Å². The number of hydrogen-bond acceptors (Lipinski definition) is 2. The zero-order valence-corrected chi connectivity index (χ0v) is 14.5. The number of fused-ring (bicyclic) bond motifs is 1. The molecule has 0 aliphatic heterocycles. The zero-order valence-electron chi connectivity index (χ0n) is 13.7. The van der Waals surface area contributed by atoms with Crippen molar-refractivity contribution in [3.63, 3.8) is 0 Å². The fourth-order valence-electron chi connectivity index (χ4n) is 3.06.